The van der Waals surface area contributed by atoms with Crippen LogP contribution in [-0.4, -0.2) is 11.9 Å². The van der Waals surface area contributed by atoms with Crippen molar-refractivity contribution in [2.75, 3.05) is 0 Å². The maximum atomic E-state index is 12.2. The van der Waals surface area contributed by atoms with Gasteiger partial charge in [0.1, 0.15) is 0 Å². The van der Waals surface area contributed by atoms with Gasteiger partial charge < -0.3 is 5.32 Å². The van der Waals surface area contributed by atoms with Crippen molar-refractivity contribution in [1.29, 1.82) is 0 Å². The Morgan fingerprint density at radius 3 is 2.74 bits per heavy atom. The van der Waals surface area contributed by atoms with Gasteiger partial charge in [-0.2, -0.15) is 0 Å². The summed E-state index contributed by atoms with van der Waals surface area (Å²) >= 11 is 3.41. The largest absolute Gasteiger partial charge is 0.350 e. The van der Waals surface area contributed by atoms with Crippen molar-refractivity contribution in [3.63, 3.8) is 0 Å². The SMILES string of the molecule is CCCCCCC(C)NC(=O)c1cc(Br)ccc1C. The highest BCUT2D eigenvalue weighted by Gasteiger charge is 2.12. The zero-order valence-corrected chi connectivity index (χ0v) is 13.7. The first-order chi connectivity index (χ1) is 9.04. The van der Waals surface area contributed by atoms with Crippen molar-refractivity contribution in [3.05, 3.63) is 33.8 Å². The summed E-state index contributed by atoms with van der Waals surface area (Å²) < 4.78 is 0.943. The van der Waals surface area contributed by atoms with Gasteiger partial charge in [0.15, 0.2) is 0 Å². The Hall–Kier alpha value is -0.830. The molecule has 1 atom stereocenters. The van der Waals surface area contributed by atoms with E-state index in [9.17, 15) is 4.79 Å². The second-order valence-corrected chi connectivity index (χ2v) is 6.10. The lowest BCUT2D eigenvalue weighted by atomic mass is 10.1. The number of halogens is 1. The van der Waals surface area contributed by atoms with E-state index in [1.165, 1.54) is 25.7 Å². The van der Waals surface area contributed by atoms with Crippen LogP contribution >= 0.6 is 15.9 Å². The molecule has 1 unspecified atom stereocenters. The second-order valence-electron chi connectivity index (χ2n) is 5.18. The number of unbranched alkanes of at least 4 members (excludes halogenated alkanes) is 3. The van der Waals surface area contributed by atoms with Crippen molar-refractivity contribution in [3.8, 4) is 0 Å². The van der Waals surface area contributed by atoms with Gasteiger partial charge in [-0.15, -0.1) is 0 Å². The third-order valence-electron chi connectivity index (χ3n) is 3.31. The van der Waals surface area contributed by atoms with Crippen LogP contribution in [0.15, 0.2) is 22.7 Å². The topological polar surface area (TPSA) is 29.1 Å². The van der Waals surface area contributed by atoms with Gasteiger partial charge in [0.05, 0.1) is 0 Å². The first-order valence-corrected chi connectivity index (χ1v) is 7.91. The van der Waals surface area contributed by atoms with E-state index in [1.807, 2.05) is 25.1 Å². The second kappa shape index (κ2) is 8.36. The maximum absolute atomic E-state index is 12.2. The van der Waals surface area contributed by atoms with Crippen molar-refractivity contribution >= 4 is 21.8 Å². The molecule has 0 aliphatic rings. The molecule has 1 amide bonds. The fraction of sp³-hybridized carbons (Fsp3) is 0.562. The van der Waals surface area contributed by atoms with E-state index in [4.69, 9.17) is 0 Å². The molecule has 0 saturated heterocycles. The van der Waals surface area contributed by atoms with Gasteiger partial charge >= 0.3 is 0 Å². The molecule has 1 aromatic carbocycles. The molecule has 0 fully saturated rings. The summed E-state index contributed by atoms with van der Waals surface area (Å²) in [5, 5.41) is 3.08. The fourth-order valence-corrected chi connectivity index (χ4v) is 2.45. The van der Waals surface area contributed by atoms with Gasteiger partial charge in [-0.1, -0.05) is 54.6 Å². The first-order valence-electron chi connectivity index (χ1n) is 7.11. The number of nitrogens with one attached hydrogen (secondary N) is 1. The molecule has 0 heterocycles. The molecule has 0 aliphatic heterocycles. The van der Waals surface area contributed by atoms with E-state index in [0.29, 0.717) is 0 Å². The van der Waals surface area contributed by atoms with Gasteiger partial charge in [0.25, 0.3) is 5.91 Å². The minimum absolute atomic E-state index is 0.0294. The zero-order chi connectivity index (χ0) is 14.3. The van der Waals surface area contributed by atoms with Gasteiger partial charge in [0, 0.05) is 16.1 Å². The molecule has 2 nitrogen and oxygen atoms in total. The van der Waals surface area contributed by atoms with Crippen molar-refractivity contribution < 1.29 is 4.79 Å². The molecule has 1 rings (SSSR count). The van der Waals surface area contributed by atoms with Crippen LogP contribution in [0.4, 0.5) is 0 Å². The lowest BCUT2D eigenvalue weighted by Crippen LogP contribution is -2.32. The fourth-order valence-electron chi connectivity index (χ4n) is 2.09. The minimum Gasteiger partial charge on any atom is -0.350 e. The number of amides is 1. The zero-order valence-electron chi connectivity index (χ0n) is 12.1. The molecule has 1 aromatic rings. The Labute approximate surface area is 125 Å². The van der Waals surface area contributed by atoms with Gasteiger partial charge in [-0.3, -0.25) is 4.79 Å². The number of carbonyl (C=O) groups excluding carboxylic acids is 1. The van der Waals surface area contributed by atoms with Crippen LogP contribution in [0.5, 0.6) is 0 Å². The number of hydrogen-bond acceptors (Lipinski definition) is 1. The lowest BCUT2D eigenvalue weighted by Gasteiger charge is -2.15. The summed E-state index contributed by atoms with van der Waals surface area (Å²) in [6.07, 6.45) is 6.03. The monoisotopic (exact) mass is 325 g/mol. The Bertz CT molecular complexity index is 417. The molecule has 0 saturated carbocycles. The lowest BCUT2D eigenvalue weighted by molar-refractivity contribution is 0.0937. The molecule has 19 heavy (non-hydrogen) atoms. The van der Waals surface area contributed by atoms with Crippen LogP contribution in [0.1, 0.15) is 61.9 Å². The number of carbonyl (C=O) groups is 1. The predicted molar refractivity (Wildman–Crippen MR) is 84.6 cm³/mol. The van der Waals surface area contributed by atoms with Crippen LogP contribution in [-0.2, 0) is 0 Å². The highest BCUT2D eigenvalue weighted by atomic mass is 79.9. The molecular formula is C16H24BrNO. The van der Waals surface area contributed by atoms with Crippen LogP contribution in [0.3, 0.4) is 0 Å². The van der Waals surface area contributed by atoms with Crippen LogP contribution in [0.25, 0.3) is 0 Å². The Kier molecular flexibility index (Phi) is 7.14. The maximum Gasteiger partial charge on any atom is 0.251 e. The molecule has 0 spiro atoms. The smallest absolute Gasteiger partial charge is 0.251 e. The van der Waals surface area contributed by atoms with E-state index in [-0.39, 0.29) is 11.9 Å². The number of aryl methyl sites for hydroxylation is 1. The third kappa shape index (κ3) is 5.77. The molecule has 0 bridgehead atoms. The van der Waals surface area contributed by atoms with Crippen LogP contribution < -0.4 is 5.32 Å². The summed E-state index contributed by atoms with van der Waals surface area (Å²) in [6.45, 7) is 6.26. The van der Waals surface area contributed by atoms with E-state index in [1.54, 1.807) is 0 Å². The molecule has 1 N–H and O–H groups in total. The Morgan fingerprint density at radius 2 is 2.05 bits per heavy atom. The number of rotatable bonds is 7. The van der Waals surface area contributed by atoms with E-state index < -0.39 is 0 Å². The van der Waals surface area contributed by atoms with Crippen LogP contribution in [0.2, 0.25) is 0 Å². The van der Waals surface area contributed by atoms with Crippen molar-refractivity contribution in [2.45, 2.75) is 58.9 Å². The highest BCUT2D eigenvalue weighted by Crippen LogP contribution is 2.16. The van der Waals surface area contributed by atoms with Crippen LogP contribution in [0, 0.1) is 6.92 Å². The average Bonchev–Trinajstić information content (AvgIpc) is 2.37. The molecule has 106 valence electrons. The molecule has 3 heteroatoms. The standard InChI is InChI=1S/C16H24BrNO/c1-4-5-6-7-8-13(3)18-16(19)15-11-14(17)10-9-12(15)2/h9-11,13H,4-8H2,1-3H3,(H,18,19). The quantitative estimate of drug-likeness (QED) is 0.713. The molecule has 0 aromatic heterocycles. The molecule has 0 aliphatic carbocycles. The number of benzene rings is 1. The van der Waals surface area contributed by atoms with Gasteiger partial charge in [-0.05, 0) is 38.0 Å². The Morgan fingerprint density at radius 1 is 1.32 bits per heavy atom. The predicted octanol–water partition coefficient (Wildman–Crippen LogP) is 4.85. The Balaban J connectivity index is 2.47. The highest BCUT2D eigenvalue weighted by molar-refractivity contribution is 9.10. The third-order valence-corrected chi connectivity index (χ3v) is 3.81. The summed E-state index contributed by atoms with van der Waals surface area (Å²) in [6, 6.07) is 6.04. The van der Waals surface area contributed by atoms with Crippen molar-refractivity contribution in [2.24, 2.45) is 0 Å². The summed E-state index contributed by atoms with van der Waals surface area (Å²) in [5.74, 6) is 0.0294. The first kappa shape index (κ1) is 16.2. The summed E-state index contributed by atoms with van der Waals surface area (Å²) in [4.78, 5) is 12.2. The van der Waals surface area contributed by atoms with E-state index >= 15 is 0 Å². The normalized spacial score (nSPS) is 12.2. The average molecular weight is 326 g/mol. The molecule has 0 radical (unpaired) electrons. The summed E-state index contributed by atoms with van der Waals surface area (Å²) in [7, 11) is 0. The number of hydrogen-bond donors (Lipinski definition) is 1. The van der Waals surface area contributed by atoms with Crippen molar-refractivity contribution in [1.82, 2.24) is 5.32 Å². The van der Waals surface area contributed by atoms with E-state index in [2.05, 4.69) is 35.1 Å². The van der Waals surface area contributed by atoms with E-state index in [0.717, 1.165) is 22.0 Å². The summed E-state index contributed by atoms with van der Waals surface area (Å²) in [5.41, 5.74) is 1.77. The minimum atomic E-state index is 0.0294. The molecular weight excluding hydrogens is 302 g/mol. The van der Waals surface area contributed by atoms with Gasteiger partial charge in [0.2, 0.25) is 0 Å². The van der Waals surface area contributed by atoms with Gasteiger partial charge in [-0.25, -0.2) is 0 Å².